The van der Waals surface area contributed by atoms with E-state index < -0.39 is 12.9 Å². The zero-order valence-electron chi connectivity index (χ0n) is 8.90. The molecule has 1 aromatic rings. The van der Waals surface area contributed by atoms with Gasteiger partial charge in [0, 0.05) is 11.5 Å². The molecule has 1 aliphatic rings. The molecule has 5 heteroatoms. The molecule has 0 bridgehead atoms. The average molecular weight is 224 g/mol. The van der Waals surface area contributed by atoms with Gasteiger partial charge in [0.1, 0.15) is 11.6 Å². The third-order valence-electron chi connectivity index (χ3n) is 2.73. The van der Waals surface area contributed by atoms with Gasteiger partial charge in [-0.25, -0.2) is 4.39 Å². The molecule has 0 atom stereocenters. The van der Waals surface area contributed by atoms with Crippen molar-refractivity contribution in [2.24, 2.45) is 5.92 Å². The second-order valence-corrected chi connectivity index (χ2v) is 4.14. The Morgan fingerprint density at radius 2 is 2.12 bits per heavy atom. The van der Waals surface area contributed by atoms with Crippen LogP contribution in [0.25, 0.3) is 0 Å². The lowest BCUT2D eigenvalue weighted by atomic mass is 9.79. The molecule has 0 aromatic heterocycles. The summed E-state index contributed by atoms with van der Waals surface area (Å²) in [7, 11) is -1.63. The first-order chi connectivity index (χ1) is 7.66. The topological polar surface area (TPSA) is 49.7 Å². The van der Waals surface area contributed by atoms with E-state index >= 15 is 0 Å². The predicted molar refractivity (Wildman–Crippen MR) is 59.1 cm³/mol. The Labute approximate surface area is 94.0 Å². The van der Waals surface area contributed by atoms with Gasteiger partial charge in [0.05, 0.1) is 6.61 Å². The third kappa shape index (κ3) is 2.96. The Balaban J connectivity index is 2.00. The maximum Gasteiger partial charge on any atom is 0.492 e. The van der Waals surface area contributed by atoms with Gasteiger partial charge in [0.2, 0.25) is 0 Å². The predicted octanol–water partition coefficient (Wildman–Crippen LogP) is 0.684. The summed E-state index contributed by atoms with van der Waals surface area (Å²) in [5.41, 5.74) is 0.206. The fourth-order valence-corrected chi connectivity index (χ4v) is 1.59. The molecular formula is C11H14BFO3. The Morgan fingerprint density at radius 1 is 1.38 bits per heavy atom. The molecular weight excluding hydrogens is 210 g/mol. The fourth-order valence-electron chi connectivity index (χ4n) is 1.59. The summed E-state index contributed by atoms with van der Waals surface area (Å²) in [6.45, 7) is 0.494. The maximum absolute atomic E-state index is 13.0. The molecule has 1 fully saturated rings. The van der Waals surface area contributed by atoms with Gasteiger partial charge in [-0.05, 0) is 18.4 Å². The largest absolute Gasteiger partial charge is 0.494 e. The monoisotopic (exact) mass is 224 g/mol. The molecule has 1 aliphatic carbocycles. The summed E-state index contributed by atoms with van der Waals surface area (Å²) in [5, 5.41) is 18.1. The van der Waals surface area contributed by atoms with Gasteiger partial charge in [-0.15, -0.1) is 0 Å². The van der Waals surface area contributed by atoms with E-state index in [1.807, 2.05) is 0 Å². The van der Waals surface area contributed by atoms with E-state index in [0.717, 1.165) is 12.3 Å². The smallest absolute Gasteiger partial charge is 0.492 e. The van der Waals surface area contributed by atoms with Gasteiger partial charge in [0.25, 0.3) is 0 Å². The summed E-state index contributed by atoms with van der Waals surface area (Å²) in [6.07, 6.45) is 3.42. The van der Waals surface area contributed by atoms with E-state index in [1.165, 1.54) is 31.0 Å². The summed E-state index contributed by atoms with van der Waals surface area (Å²) in [5.74, 6) is 0.512. The Hall–Kier alpha value is -1.07. The summed E-state index contributed by atoms with van der Waals surface area (Å²) >= 11 is 0. The van der Waals surface area contributed by atoms with Crippen LogP contribution in [-0.2, 0) is 0 Å². The van der Waals surface area contributed by atoms with Crippen LogP contribution in [0.2, 0.25) is 0 Å². The first-order valence-corrected chi connectivity index (χ1v) is 5.45. The van der Waals surface area contributed by atoms with Crippen LogP contribution in [0, 0.1) is 11.7 Å². The number of ether oxygens (including phenoxy) is 1. The summed E-state index contributed by atoms with van der Waals surface area (Å²) < 4.78 is 18.3. The highest BCUT2D eigenvalue weighted by atomic mass is 19.1. The van der Waals surface area contributed by atoms with E-state index in [-0.39, 0.29) is 11.2 Å². The van der Waals surface area contributed by atoms with Crippen molar-refractivity contribution in [2.45, 2.75) is 19.3 Å². The summed E-state index contributed by atoms with van der Waals surface area (Å²) in [6, 6.07) is 3.69. The molecule has 0 amide bonds. The van der Waals surface area contributed by atoms with Crippen molar-refractivity contribution in [3.8, 4) is 5.75 Å². The van der Waals surface area contributed by atoms with Crippen LogP contribution in [0.4, 0.5) is 4.39 Å². The SMILES string of the molecule is OB(O)c1ccc(F)cc1OCCC1CC1. The number of hydrogen-bond donors (Lipinski definition) is 2. The zero-order valence-corrected chi connectivity index (χ0v) is 8.90. The van der Waals surface area contributed by atoms with Gasteiger partial charge in [-0.2, -0.15) is 0 Å². The molecule has 0 radical (unpaired) electrons. The Bertz CT molecular complexity index is 366. The quantitative estimate of drug-likeness (QED) is 0.723. The van der Waals surface area contributed by atoms with Crippen LogP contribution < -0.4 is 10.2 Å². The molecule has 0 spiro atoms. The lowest BCUT2D eigenvalue weighted by molar-refractivity contribution is 0.301. The molecule has 0 unspecified atom stereocenters. The van der Waals surface area contributed by atoms with Gasteiger partial charge >= 0.3 is 7.12 Å². The van der Waals surface area contributed by atoms with Crippen molar-refractivity contribution in [3.63, 3.8) is 0 Å². The molecule has 0 heterocycles. The van der Waals surface area contributed by atoms with E-state index in [2.05, 4.69) is 0 Å². The third-order valence-corrected chi connectivity index (χ3v) is 2.73. The second-order valence-electron chi connectivity index (χ2n) is 4.14. The van der Waals surface area contributed by atoms with Gasteiger partial charge in [-0.1, -0.05) is 18.9 Å². The molecule has 1 saturated carbocycles. The van der Waals surface area contributed by atoms with Crippen molar-refractivity contribution in [1.29, 1.82) is 0 Å². The lowest BCUT2D eigenvalue weighted by Crippen LogP contribution is -2.31. The van der Waals surface area contributed by atoms with Gasteiger partial charge < -0.3 is 14.8 Å². The van der Waals surface area contributed by atoms with Crippen LogP contribution in [0.3, 0.4) is 0 Å². The Kier molecular flexibility index (Phi) is 3.46. The minimum Gasteiger partial charge on any atom is -0.494 e. The van der Waals surface area contributed by atoms with Crippen molar-refractivity contribution in [1.82, 2.24) is 0 Å². The minimum absolute atomic E-state index is 0.206. The highest BCUT2D eigenvalue weighted by Crippen LogP contribution is 2.32. The normalized spacial score (nSPS) is 14.9. The molecule has 16 heavy (non-hydrogen) atoms. The fraction of sp³-hybridized carbons (Fsp3) is 0.455. The van der Waals surface area contributed by atoms with Crippen molar-refractivity contribution in [3.05, 3.63) is 24.0 Å². The number of rotatable bonds is 5. The average Bonchev–Trinajstić information content (AvgIpc) is 3.01. The summed E-state index contributed by atoms with van der Waals surface area (Å²) in [4.78, 5) is 0. The molecule has 2 N–H and O–H groups in total. The molecule has 1 aromatic carbocycles. The molecule has 0 aliphatic heterocycles. The Morgan fingerprint density at radius 3 is 2.75 bits per heavy atom. The zero-order chi connectivity index (χ0) is 11.5. The van der Waals surface area contributed by atoms with Crippen molar-refractivity contribution >= 4 is 12.6 Å². The number of halogens is 1. The second kappa shape index (κ2) is 4.85. The van der Waals surface area contributed by atoms with E-state index in [4.69, 9.17) is 14.8 Å². The van der Waals surface area contributed by atoms with Crippen molar-refractivity contribution in [2.75, 3.05) is 6.61 Å². The standard InChI is InChI=1S/C11H14BFO3/c13-9-3-4-10(12(14)15)11(7-9)16-6-5-8-1-2-8/h3-4,7-8,14-15H,1-2,5-6H2. The van der Waals surface area contributed by atoms with E-state index in [0.29, 0.717) is 6.61 Å². The molecule has 0 saturated heterocycles. The molecule has 86 valence electrons. The maximum atomic E-state index is 13.0. The van der Waals surface area contributed by atoms with Crippen molar-refractivity contribution < 1.29 is 19.2 Å². The highest BCUT2D eigenvalue weighted by molar-refractivity contribution is 6.59. The first-order valence-electron chi connectivity index (χ1n) is 5.45. The lowest BCUT2D eigenvalue weighted by Gasteiger charge is -2.10. The first kappa shape index (κ1) is 11.4. The number of hydrogen-bond acceptors (Lipinski definition) is 3. The highest BCUT2D eigenvalue weighted by Gasteiger charge is 2.22. The van der Waals surface area contributed by atoms with Crippen LogP contribution in [0.1, 0.15) is 19.3 Å². The van der Waals surface area contributed by atoms with Gasteiger partial charge in [-0.3, -0.25) is 0 Å². The van der Waals surface area contributed by atoms with Crippen LogP contribution in [0.5, 0.6) is 5.75 Å². The number of benzene rings is 1. The van der Waals surface area contributed by atoms with E-state index in [9.17, 15) is 4.39 Å². The van der Waals surface area contributed by atoms with Gasteiger partial charge in [0.15, 0.2) is 0 Å². The van der Waals surface area contributed by atoms with Crippen LogP contribution >= 0.6 is 0 Å². The minimum atomic E-state index is -1.63. The van der Waals surface area contributed by atoms with Crippen LogP contribution in [0.15, 0.2) is 18.2 Å². The van der Waals surface area contributed by atoms with E-state index in [1.54, 1.807) is 0 Å². The molecule has 3 nitrogen and oxygen atoms in total. The van der Waals surface area contributed by atoms with Crippen LogP contribution in [-0.4, -0.2) is 23.8 Å². The molecule has 2 rings (SSSR count).